The van der Waals surface area contributed by atoms with Gasteiger partial charge in [0.1, 0.15) is 4.90 Å². The first-order valence-corrected chi connectivity index (χ1v) is 8.21. The highest BCUT2D eigenvalue weighted by Crippen LogP contribution is 2.26. The molecular weight excluding hydrogens is 276 g/mol. The molecule has 0 saturated carbocycles. The smallest absolute Gasteiger partial charge is 0.246 e. The summed E-state index contributed by atoms with van der Waals surface area (Å²) in [6.45, 7) is 10.5. The second-order valence-electron chi connectivity index (χ2n) is 5.92. The lowest BCUT2D eigenvalue weighted by molar-refractivity contribution is 0.273. The van der Waals surface area contributed by atoms with E-state index in [0.717, 1.165) is 0 Å². The van der Waals surface area contributed by atoms with Gasteiger partial charge in [-0.1, -0.05) is 20.8 Å². The largest absolute Gasteiger partial charge is 0.330 e. The Balaban J connectivity index is 3.26. The summed E-state index contributed by atoms with van der Waals surface area (Å²) < 4.78 is 28.8. The van der Waals surface area contributed by atoms with Gasteiger partial charge < -0.3 is 5.73 Å². The third-order valence-electron chi connectivity index (χ3n) is 3.55. The summed E-state index contributed by atoms with van der Waals surface area (Å²) in [6.07, 6.45) is 0. The van der Waals surface area contributed by atoms with Crippen molar-refractivity contribution in [3.8, 4) is 0 Å². The van der Waals surface area contributed by atoms with Crippen LogP contribution in [-0.4, -0.2) is 42.1 Å². The van der Waals surface area contributed by atoms with Gasteiger partial charge in [-0.15, -0.1) is 0 Å². The fourth-order valence-electron chi connectivity index (χ4n) is 2.17. The molecule has 20 heavy (non-hydrogen) atoms. The van der Waals surface area contributed by atoms with Gasteiger partial charge in [0.2, 0.25) is 10.0 Å². The molecule has 0 atom stereocenters. The topological polar surface area (TPSA) is 81.2 Å². The molecule has 116 valence electrons. The van der Waals surface area contributed by atoms with Crippen molar-refractivity contribution in [2.45, 2.75) is 39.5 Å². The molecule has 2 N–H and O–H groups in total. The molecular formula is C13H26N4O2S. The maximum absolute atomic E-state index is 12.8. The van der Waals surface area contributed by atoms with Crippen LogP contribution in [0.2, 0.25) is 0 Å². The summed E-state index contributed by atoms with van der Waals surface area (Å²) in [5.74, 6) is 0. The monoisotopic (exact) mass is 302 g/mol. The molecule has 6 nitrogen and oxygen atoms in total. The minimum atomic E-state index is -3.54. The number of nitrogens with two attached hydrogens (primary N) is 1. The van der Waals surface area contributed by atoms with Crippen LogP contribution in [0.15, 0.2) is 4.90 Å². The SMILES string of the molecule is CCN(CC(C)(C)CN)S(=O)(=O)c1c(C)nn(C)c1C. The summed E-state index contributed by atoms with van der Waals surface area (Å²) in [6, 6.07) is 0. The molecule has 0 bridgehead atoms. The number of aryl methyl sites for hydroxylation is 2. The van der Waals surface area contributed by atoms with E-state index in [-0.39, 0.29) is 5.41 Å². The predicted octanol–water partition coefficient (Wildman–Crippen LogP) is 1.03. The van der Waals surface area contributed by atoms with E-state index in [1.807, 2.05) is 20.8 Å². The fraction of sp³-hybridized carbons (Fsp3) is 0.769. The van der Waals surface area contributed by atoms with Gasteiger partial charge in [0.15, 0.2) is 0 Å². The van der Waals surface area contributed by atoms with E-state index in [2.05, 4.69) is 5.10 Å². The van der Waals surface area contributed by atoms with Crippen molar-refractivity contribution < 1.29 is 8.42 Å². The molecule has 1 rings (SSSR count). The van der Waals surface area contributed by atoms with Crippen molar-refractivity contribution in [2.75, 3.05) is 19.6 Å². The van der Waals surface area contributed by atoms with Crippen LogP contribution in [0.1, 0.15) is 32.2 Å². The Hall–Kier alpha value is -0.920. The summed E-state index contributed by atoms with van der Waals surface area (Å²) in [5, 5.41) is 4.20. The lowest BCUT2D eigenvalue weighted by Crippen LogP contribution is -2.42. The number of nitrogens with zero attached hydrogens (tertiary/aromatic N) is 3. The summed E-state index contributed by atoms with van der Waals surface area (Å²) >= 11 is 0. The zero-order valence-corrected chi connectivity index (χ0v) is 14.1. The highest BCUT2D eigenvalue weighted by molar-refractivity contribution is 7.89. The van der Waals surface area contributed by atoms with Crippen molar-refractivity contribution in [3.05, 3.63) is 11.4 Å². The van der Waals surface area contributed by atoms with Crippen LogP contribution in [0.3, 0.4) is 0 Å². The Morgan fingerprint density at radius 2 is 1.90 bits per heavy atom. The maximum atomic E-state index is 12.8. The van der Waals surface area contributed by atoms with E-state index >= 15 is 0 Å². The zero-order chi connectivity index (χ0) is 15.7. The van der Waals surface area contributed by atoms with Crippen LogP contribution < -0.4 is 5.73 Å². The maximum Gasteiger partial charge on any atom is 0.246 e. The van der Waals surface area contributed by atoms with E-state index in [1.54, 1.807) is 25.6 Å². The van der Waals surface area contributed by atoms with E-state index in [9.17, 15) is 8.42 Å². The van der Waals surface area contributed by atoms with Crippen molar-refractivity contribution >= 4 is 10.0 Å². The molecule has 1 heterocycles. The fourth-order valence-corrected chi connectivity index (χ4v) is 4.20. The second-order valence-corrected chi connectivity index (χ2v) is 7.80. The van der Waals surface area contributed by atoms with Gasteiger partial charge >= 0.3 is 0 Å². The van der Waals surface area contributed by atoms with Crippen molar-refractivity contribution in [3.63, 3.8) is 0 Å². The quantitative estimate of drug-likeness (QED) is 0.851. The Kier molecular flexibility index (Phi) is 4.99. The van der Waals surface area contributed by atoms with Crippen molar-refractivity contribution in [1.82, 2.24) is 14.1 Å². The van der Waals surface area contributed by atoms with Gasteiger partial charge in [-0.05, 0) is 25.8 Å². The highest BCUT2D eigenvalue weighted by atomic mass is 32.2. The van der Waals surface area contributed by atoms with Crippen LogP contribution in [0.4, 0.5) is 0 Å². The van der Waals surface area contributed by atoms with Crippen molar-refractivity contribution in [2.24, 2.45) is 18.2 Å². The number of sulfonamides is 1. The van der Waals surface area contributed by atoms with E-state index < -0.39 is 10.0 Å². The first-order chi connectivity index (χ1) is 9.06. The number of rotatable bonds is 6. The summed E-state index contributed by atoms with van der Waals surface area (Å²) in [5.41, 5.74) is 6.66. The Labute approximate surface area is 122 Å². The van der Waals surface area contributed by atoms with Crippen LogP contribution in [0.5, 0.6) is 0 Å². The number of hydrogen-bond donors (Lipinski definition) is 1. The third-order valence-corrected chi connectivity index (χ3v) is 5.72. The summed E-state index contributed by atoms with van der Waals surface area (Å²) in [7, 11) is -1.79. The van der Waals surface area contributed by atoms with Crippen LogP contribution >= 0.6 is 0 Å². The predicted molar refractivity (Wildman–Crippen MR) is 80.0 cm³/mol. The first-order valence-electron chi connectivity index (χ1n) is 6.77. The molecule has 0 radical (unpaired) electrons. The Bertz CT molecular complexity index is 575. The van der Waals surface area contributed by atoms with Gasteiger partial charge in [-0.25, -0.2) is 8.42 Å². The Morgan fingerprint density at radius 3 is 2.25 bits per heavy atom. The third kappa shape index (κ3) is 3.21. The molecule has 7 heteroatoms. The minimum absolute atomic E-state index is 0.257. The molecule has 0 unspecified atom stereocenters. The van der Waals surface area contributed by atoms with Crippen LogP contribution in [-0.2, 0) is 17.1 Å². The van der Waals surface area contributed by atoms with E-state index in [0.29, 0.717) is 35.9 Å². The van der Waals surface area contributed by atoms with Gasteiger partial charge in [0.25, 0.3) is 0 Å². The molecule has 0 aliphatic rings. The van der Waals surface area contributed by atoms with Gasteiger partial charge in [0, 0.05) is 20.1 Å². The molecule has 0 aromatic carbocycles. The van der Waals surface area contributed by atoms with Gasteiger partial charge in [0.05, 0.1) is 11.4 Å². The Morgan fingerprint density at radius 1 is 1.35 bits per heavy atom. The van der Waals surface area contributed by atoms with Gasteiger partial charge in [-0.2, -0.15) is 9.40 Å². The van der Waals surface area contributed by atoms with Crippen LogP contribution in [0, 0.1) is 19.3 Å². The lowest BCUT2D eigenvalue weighted by atomic mass is 9.94. The molecule has 0 fully saturated rings. The molecule has 1 aromatic rings. The number of hydrogen-bond acceptors (Lipinski definition) is 4. The summed E-state index contributed by atoms with van der Waals surface area (Å²) in [4.78, 5) is 0.315. The number of aromatic nitrogens is 2. The minimum Gasteiger partial charge on any atom is -0.330 e. The molecule has 0 amide bonds. The molecule has 0 aliphatic heterocycles. The second kappa shape index (κ2) is 5.83. The van der Waals surface area contributed by atoms with Gasteiger partial charge in [-0.3, -0.25) is 4.68 Å². The first kappa shape index (κ1) is 17.1. The molecule has 0 spiro atoms. The molecule has 0 aliphatic carbocycles. The van der Waals surface area contributed by atoms with Crippen LogP contribution in [0.25, 0.3) is 0 Å². The van der Waals surface area contributed by atoms with E-state index in [1.165, 1.54) is 4.31 Å². The standard InChI is InChI=1S/C13H26N4O2S/c1-7-17(9-13(4,5)8-14)20(18,19)12-10(2)15-16(6)11(12)3/h7-9,14H2,1-6H3. The molecule has 0 saturated heterocycles. The normalized spacial score (nSPS) is 13.2. The zero-order valence-electron chi connectivity index (χ0n) is 13.3. The van der Waals surface area contributed by atoms with E-state index in [4.69, 9.17) is 5.73 Å². The molecule has 1 aromatic heterocycles. The lowest BCUT2D eigenvalue weighted by Gasteiger charge is -2.30. The average Bonchev–Trinajstić information content (AvgIpc) is 2.60. The van der Waals surface area contributed by atoms with Crippen molar-refractivity contribution in [1.29, 1.82) is 0 Å². The highest BCUT2D eigenvalue weighted by Gasteiger charge is 2.32. The average molecular weight is 302 g/mol.